The first-order chi connectivity index (χ1) is 14.4. The van der Waals surface area contributed by atoms with Crippen LogP contribution in [-0.4, -0.2) is 51.8 Å². The fourth-order valence-electron chi connectivity index (χ4n) is 3.61. The summed E-state index contributed by atoms with van der Waals surface area (Å²) < 4.78 is 7.10. The molecule has 9 nitrogen and oxygen atoms in total. The number of carbonyl (C=O) groups is 2. The Morgan fingerprint density at radius 3 is 2.90 bits per heavy atom. The second-order valence-electron chi connectivity index (χ2n) is 7.21. The van der Waals surface area contributed by atoms with Crippen LogP contribution in [0.2, 0.25) is 0 Å². The predicted molar refractivity (Wildman–Crippen MR) is 111 cm³/mol. The van der Waals surface area contributed by atoms with Gasteiger partial charge in [-0.1, -0.05) is 18.2 Å². The van der Waals surface area contributed by atoms with Crippen LogP contribution in [0, 0.1) is 0 Å². The zero-order valence-corrected chi connectivity index (χ0v) is 17.0. The van der Waals surface area contributed by atoms with Gasteiger partial charge in [-0.05, 0) is 38.1 Å². The molecule has 0 aliphatic carbocycles. The molecular formula is C21H26N4O5. The number of nitrogens with one attached hydrogen (secondary N) is 1. The molecule has 0 spiro atoms. The van der Waals surface area contributed by atoms with Crippen molar-refractivity contribution >= 4 is 11.8 Å². The quantitative estimate of drug-likeness (QED) is 0.613. The first-order valence-electron chi connectivity index (χ1n) is 9.78. The fraction of sp³-hybridized carbons (Fsp3) is 0.381. The average molecular weight is 414 g/mol. The zero-order valence-electron chi connectivity index (χ0n) is 17.0. The van der Waals surface area contributed by atoms with Crippen molar-refractivity contribution in [2.45, 2.75) is 39.1 Å². The number of rotatable bonds is 5. The second-order valence-corrected chi connectivity index (χ2v) is 7.21. The van der Waals surface area contributed by atoms with Crippen LogP contribution in [0.25, 0.3) is 0 Å². The van der Waals surface area contributed by atoms with E-state index in [4.69, 9.17) is 10.5 Å². The molecule has 4 N–H and O–H groups in total. The van der Waals surface area contributed by atoms with Crippen molar-refractivity contribution in [2.24, 2.45) is 5.73 Å². The number of aromatic hydroxyl groups is 1. The molecule has 1 aromatic heterocycles. The maximum absolute atomic E-state index is 12.9. The van der Waals surface area contributed by atoms with Crippen molar-refractivity contribution < 1.29 is 19.4 Å². The minimum Gasteiger partial charge on any atom is -0.503 e. The molecule has 2 amide bonds. The van der Waals surface area contributed by atoms with Gasteiger partial charge in [0.2, 0.25) is 5.43 Å². The molecule has 1 fully saturated rings. The van der Waals surface area contributed by atoms with E-state index >= 15 is 0 Å². The van der Waals surface area contributed by atoms with Gasteiger partial charge in [-0.2, -0.15) is 0 Å². The summed E-state index contributed by atoms with van der Waals surface area (Å²) in [7, 11) is 0. The van der Waals surface area contributed by atoms with Crippen molar-refractivity contribution in [1.29, 1.82) is 0 Å². The third-order valence-corrected chi connectivity index (χ3v) is 5.19. The van der Waals surface area contributed by atoms with Crippen molar-refractivity contribution in [3.05, 3.63) is 63.8 Å². The maximum Gasteiger partial charge on any atom is 0.276 e. The first kappa shape index (κ1) is 21.4. The lowest BCUT2D eigenvalue weighted by Crippen LogP contribution is -2.57. The van der Waals surface area contributed by atoms with Crippen molar-refractivity contribution in [3.63, 3.8) is 0 Å². The minimum atomic E-state index is -0.885. The van der Waals surface area contributed by atoms with E-state index in [1.807, 2.05) is 19.9 Å². The molecule has 3 heterocycles. The summed E-state index contributed by atoms with van der Waals surface area (Å²) in [5.41, 5.74) is 4.89. The van der Waals surface area contributed by atoms with Crippen molar-refractivity contribution in [3.8, 4) is 5.75 Å². The molecule has 9 heteroatoms. The molecule has 160 valence electrons. The summed E-state index contributed by atoms with van der Waals surface area (Å²) in [4.78, 5) is 39.7. The van der Waals surface area contributed by atoms with Gasteiger partial charge in [0.15, 0.2) is 17.7 Å². The van der Waals surface area contributed by atoms with Crippen LogP contribution in [0.15, 0.2) is 47.1 Å². The average Bonchev–Trinajstić information content (AvgIpc) is 2.72. The molecule has 30 heavy (non-hydrogen) atoms. The summed E-state index contributed by atoms with van der Waals surface area (Å²) in [5, 5.41) is 13.1. The molecule has 2 aliphatic heterocycles. The van der Waals surface area contributed by atoms with Crippen LogP contribution in [0.4, 0.5) is 0 Å². The standard InChI is InChI=1S/C21H26N4O5/c1-3-4-5-14(6-8-22)10-23-20(28)15-11-24-12-16-25(13(2)7-9-30-16)21(29)17(24)19(27)18(15)26/h3-6,8,11,13,16,27H,7,9-10,12,22H2,1-2H3,(H,23,28)/b4-3+,8-6-,14-5+. The van der Waals surface area contributed by atoms with E-state index in [0.29, 0.717) is 13.0 Å². The van der Waals surface area contributed by atoms with Gasteiger partial charge in [-0.15, -0.1) is 0 Å². The number of amides is 2. The van der Waals surface area contributed by atoms with Crippen molar-refractivity contribution in [1.82, 2.24) is 14.8 Å². The van der Waals surface area contributed by atoms with Crippen molar-refractivity contribution in [2.75, 3.05) is 13.2 Å². The smallest absolute Gasteiger partial charge is 0.276 e. The lowest BCUT2D eigenvalue weighted by atomic mass is 10.1. The zero-order chi connectivity index (χ0) is 21.8. The monoisotopic (exact) mass is 414 g/mol. The van der Waals surface area contributed by atoms with E-state index in [0.717, 1.165) is 5.57 Å². The van der Waals surface area contributed by atoms with Crippen LogP contribution in [-0.2, 0) is 11.3 Å². The van der Waals surface area contributed by atoms with E-state index in [1.165, 1.54) is 21.9 Å². The minimum absolute atomic E-state index is 0.0690. The van der Waals surface area contributed by atoms with Crippen LogP contribution in [0.5, 0.6) is 5.75 Å². The molecular weight excluding hydrogens is 388 g/mol. The number of hydrogen-bond acceptors (Lipinski definition) is 6. The molecule has 1 saturated heterocycles. The Bertz CT molecular complexity index is 992. The highest BCUT2D eigenvalue weighted by atomic mass is 16.5. The lowest BCUT2D eigenvalue weighted by Gasteiger charge is -2.44. The van der Waals surface area contributed by atoms with Gasteiger partial charge in [-0.3, -0.25) is 14.4 Å². The van der Waals surface area contributed by atoms with Gasteiger partial charge >= 0.3 is 0 Å². The number of ether oxygens (including phenoxy) is 1. The number of pyridine rings is 1. The highest BCUT2D eigenvalue weighted by Crippen LogP contribution is 2.29. The van der Waals surface area contributed by atoms with Gasteiger partial charge < -0.3 is 30.4 Å². The number of fused-ring (bicyclic) bond motifs is 2. The summed E-state index contributed by atoms with van der Waals surface area (Å²) in [6.07, 6.45) is 9.85. The van der Waals surface area contributed by atoms with Crippen LogP contribution >= 0.6 is 0 Å². The third-order valence-electron chi connectivity index (χ3n) is 5.19. The molecule has 2 atom stereocenters. The molecule has 2 unspecified atom stereocenters. The van der Waals surface area contributed by atoms with E-state index in [9.17, 15) is 19.5 Å². The molecule has 0 radical (unpaired) electrons. The number of allylic oxidation sites excluding steroid dienone is 3. The topological polar surface area (TPSA) is 127 Å². The van der Waals surface area contributed by atoms with Gasteiger partial charge in [0, 0.05) is 18.8 Å². The summed E-state index contributed by atoms with van der Waals surface area (Å²) >= 11 is 0. The maximum atomic E-state index is 12.9. The highest BCUT2D eigenvalue weighted by Gasteiger charge is 2.40. The highest BCUT2D eigenvalue weighted by molar-refractivity contribution is 5.99. The number of nitrogens with two attached hydrogens (primary N) is 1. The van der Waals surface area contributed by atoms with Crippen LogP contribution in [0.3, 0.4) is 0 Å². The van der Waals surface area contributed by atoms with Gasteiger partial charge in [0.25, 0.3) is 11.8 Å². The van der Waals surface area contributed by atoms with E-state index in [1.54, 1.807) is 18.2 Å². The Morgan fingerprint density at radius 2 is 2.20 bits per heavy atom. The second kappa shape index (κ2) is 9.00. The Hall–Kier alpha value is -3.33. The molecule has 3 rings (SSSR count). The lowest BCUT2D eigenvalue weighted by molar-refractivity contribution is -0.112. The molecule has 1 aromatic rings. The van der Waals surface area contributed by atoms with E-state index in [-0.39, 0.29) is 30.4 Å². The number of aromatic nitrogens is 1. The Balaban J connectivity index is 1.90. The number of carbonyl (C=O) groups excluding carboxylic acids is 2. The predicted octanol–water partition coefficient (Wildman–Crippen LogP) is 0.849. The van der Waals surface area contributed by atoms with Crippen LogP contribution < -0.4 is 16.5 Å². The molecule has 2 aliphatic rings. The summed E-state index contributed by atoms with van der Waals surface area (Å²) in [6.45, 7) is 4.63. The largest absolute Gasteiger partial charge is 0.503 e. The summed E-state index contributed by atoms with van der Waals surface area (Å²) in [5.74, 6) is -1.87. The fourth-order valence-corrected chi connectivity index (χ4v) is 3.61. The van der Waals surface area contributed by atoms with Gasteiger partial charge in [0.05, 0.1) is 13.2 Å². The molecule has 0 aromatic carbocycles. The van der Waals surface area contributed by atoms with Gasteiger partial charge in [0.1, 0.15) is 5.56 Å². The molecule has 0 bridgehead atoms. The van der Waals surface area contributed by atoms with Crippen LogP contribution in [0.1, 0.15) is 41.1 Å². The molecule has 0 saturated carbocycles. The Labute approximate surface area is 174 Å². The normalized spacial score (nSPS) is 21.7. The first-order valence-corrected chi connectivity index (χ1v) is 9.78. The Morgan fingerprint density at radius 1 is 1.43 bits per heavy atom. The number of hydrogen-bond donors (Lipinski definition) is 3. The van der Waals surface area contributed by atoms with E-state index in [2.05, 4.69) is 5.32 Å². The van der Waals surface area contributed by atoms with Gasteiger partial charge in [-0.25, -0.2) is 0 Å². The summed E-state index contributed by atoms with van der Waals surface area (Å²) in [6, 6.07) is -0.0690. The third kappa shape index (κ3) is 4.02. The van der Waals surface area contributed by atoms with E-state index < -0.39 is 29.2 Å². The number of nitrogens with zero attached hydrogens (tertiary/aromatic N) is 2. The SMILES string of the molecule is C/C=C/C=C(\C=C/N)CNC(=O)c1cn2c(c(O)c1=O)C(=O)N1C(C)CCOC1C2. The Kier molecular flexibility index (Phi) is 6.41.